The van der Waals surface area contributed by atoms with Crippen molar-refractivity contribution in [3.05, 3.63) is 17.0 Å². The Labute approximate surface area is 132 Å². The van der Waals surface area contributed by atoms with Gasteiger partial charge in [-0.3, -0.25) is 4.90 Å². The number of anilines is 1. The minimum Gasteiger partial charge on any atom is -0.374 e. The topological polar surface area (TPSA) is 50.3 Å². The molecule has 21 heavy (non-hydrogen) atoms. The van der Waals surface area contributed by atoms with E-state index in [1.807, 2.05) is 0 Å². The van der Waals surface area contributed by atoms with Gasteiger partial charge in [-0.15, -0.1) is 0 Å². The Hall–Kier alpha value is -0.910. The molecular formula is C15H25ClN4O. The van der Waals surface area contributed by atoms with Gasteiger partial charge in [-0.2, -0.15) is 0 Å². The van der Waals surface area contributed by atoms with Crippen LogP contribution in [0.4, 0.5) is 5.82 Å². The zero-order valence-electron chi connectivity index (χ0n) is 13.3. The van der Waals surface area contributed by atoms with Crippen LogP contribution in [-0.2, 0) is 10.2 Å². The number of nitrogens with one attached hydrogen (secondary N) is 1. The van der Waals surface area contributed by atoms with Gasteiger partial charge in [0.25, 0.3) is 0 Å². The van der Waals surface area contributed by atoms with E-state index in [4.69, 9.17) is 16.3 Å². The standard InChI is InChI=1S/C15H25ClN4O/c1-5-20-6-7-21-11(10-20)9-17-13-8-12(16)18-14(19-13)15(2,3)4/h8,11H,5-7,9-10H2,1-4H3,(H,17,18,19). The first-order valence-corrected chi connectivity index (χ1v) is 7.89. The van der Waals surface area contributed by atoms with Gasteiger partial charge in [-0.1, -0.05) is 39.3 Å². The number of rotatable bonds is 4. The van der Waals surface area contributed by atoms with E-state index in [9.17, 15) is 0 Å². The summed E-state index contributed by atoms with van der Waals surface area (Å²) in [5.41, 5.74) is -0.123. The van der Waals surface area contributed by atoms with Gasteiger partial charge >= 0.3 is 0 Å². The van der Waals surface area contributed by atoms with Gasteiger partial charge in [0.05, 0.1) is 12.7 Å². The predicted molar refractivity (Wildman–Crippen MR) is 86.1 cm³/mol. The summed E-state index contributed by atoms with van der Waals surface area (Å²) in [5.74, 6) is 1.51. The fourth-order valence-corrected chi connectivity index (χ4v) is 2.44. The highest BCUT2D eigenvalue weighted by Gasteiger charge is 2.21. The lowest BCUT2D eigenvalue weighted by Crippen LogP contribution is -2.45. The zero-order valence-corrected chi connectivity index (χ0v) is 14.1. The molecule has 1 aliphatic rings. The summed E-state index contributed by atoms with van der Waals surface area (Å²) in [6.07, 6.45) is 0.186. The minimum atomic E-state index is -0.123. The quantitative estimate of drug-likeness (QED) is 0.866. The molecule has 1 aromatic heterocycles. The fourth-order valence-electron chi connectivity index (χ4n) is 2.25. The van der Waals surface area contributed by atoms with Gasteiger partial charge in [0, 0.05) is 31.1 Å². The number of nitrogens with zero attached hydrogens (tertiary/aromatic N) is 3. The van der Waals surface area contributed by atoms with Gasteiger partial charge in [0.1, 0.15) is 16.8 Å². The molecule has 1 aliphatic heterocycles. The summed E-state index contributed by atoms with van der Waals surface area (Å²) in [6.45, 7) is 13.0. The van der Waals surface area contributed by atoms with Crippen LogP contribution in [0, 0.1) is 0 Å². The average Bonchev–Trinajstić information content (AvgIpc) is 2.44. The minimum absolute atomic E-state index is 0.123. The van der Waals surface area contributed by atoms with Crippen molar-refractivity contribution in [3.8, 4) is 0 Å². The Morgan fingerprint density at radius 3 is 2.86 bits per heavy atom. The molecule has 118 valence electrons. The molecule has 0 bridgehead atoms. The van der Waals surface area contributed by atoms with E-state index in [-0.39, 0.29) is 11.5 Å². The van der Waals surface area contributed by atoms with E-state index in [1.54, 1.807) is 6.07 Å². The highest BCUT2D eigenvalue weighted by Crippen LogP contribution is 2.22. The summed E-state index contributed by atoms with van der Waals surface area (Å²) in [6, 6.07) is 1.76. The summed E-state index contributed by atoms with van der Waals surface area (Å²) in [4.78, 5) is 11.2. The van der Waals surface area contributed by atoms with E-state index >= 15 is 0 Å². The van der Waals surface area contributed by atoms with Crippen molar-refractivity contribution < 1.29 is 4.74 Å². The number of morpholine rings is 1. The molecule has 5 nitrogen and oxygen atoms in total. The van der Waals surface area contributed by atoms with Crippen molar-refractivity contribution in [2.24, 2.45) is 0 Å². The molecule has 1 saturated heterocycles. The van der Waals surface area contributed by atoms with E-state index in [0.717, 1.165) is 44.4 Å². The number of aromatic nitrogens is 2. The molecule has 6 heteroatoms. The van der Waals surface area contributed by atoms with Crippen molar-refractivity contribution in [2.45, 2.75) is 39.2 Å². The molecule has 1 fully saturated rings. The van der Waals surface area contributed by atoms with Crippen molar-refractivity contribution in [3.63, 3.8) is 0 Å². The van der Waals surface area contributed by atoms with Crippen LogP contribution in [0.5, 0.6) is 0 Å². The van der Waals surface area contributed by atoms with E-state index in [1.165, 1.54) is 0 Å². The molecule has 1 atom stereocenters. The van der Waals surface area contributed by atoms with Crippen LogP contribution in [0.1, 0.15) is 33.5 Å². The Bertz CT molecular complexity index is 475. The third kappa shape index (κ3) is 4.80. The lowest BCUT2D eigenvalue weighted by atomic mass is 9.96. The molecule has 0 aliphatic carbocycles. The van der Waals surface area contributed by atoms with Crippen LogP contribution in [0.2, 0.25) is 5.15 Å². The summed E-state index contributed by atoms with van der Waals surface area (Å²) in [7, 11) is 0. The molecule has 2 heterocycles. The second-order valence-electron chi connectivity index (χ2n) is 6.42. The summed E-state index contributed by atoms with van der Waals surface area (Å²) < 4.78 is 5.78. The third-order valence-electron chi connectivity index (χ3n) is 3.55. The SMILES string of the molecule is CCN1CCOC(CNc2cc(Cl)nc(C(C)(C)C)n2)C1. The maximum Gasteiger partial charge on any atom is 0.137 e. The molecule has 2 rings (SSSR count). The molecule has 0 spiro atoms. The molecule has 0 radical (unpaired) electrons. The molecule has 0 saturated carbocycles. The molecule has 0 aromatic carbocycles. The highest BCUT2D eigenvalue weighted by molar-refractivity contribution is 6.29. The van der Waals surface area contributed by atoms with Gasteiger partial charge in [0.2, 0.25) is 0 Å². The lowest BCUT2D eigenvalue weighted by Gasteiger charge is -2.32. The Morgan fingerprint density at radius 2 is 2.19 bits per heavy atom. The number of hydrogen-bond donors (Lipinski definition) is 1. The maximum absolute atomic E-state index is 6.09. The Morgan fingerprint density at radius 1 is 1.43 bits per heavy atom. The van der Waals surface area contributed by atoms with Crippen LogP contribution in [0.3, 0.4) is 0 Å². The highest BCUT2D eigenvalue weighted by atomic mass is 35.5. The smallest absolute Gasteiger partial charge is 0.137 e. The van der Waals surface area contributed by atoms with Crippen molar-refractivity contribution in [1.29, 1.82) is 0 Å². The second kappa shape index (κ2) is 6.90. The second-order valence-corrected chi connectivity index (χ2v) is 6.80. The first-order valence-electron chi connectivity index (χ1n) is 7.51. The van der Waals surface area contributed by atoms with Gasteiger partial charge in [0.15, 0.2) is 0 Å². The van der Waals surface area contributed by atoms with Crippen LogP contribution in [0.25, 0.3) is 0 Å². The van der Waals surface area contributed by atoms with Crippen LogP contribution in [-0.4, -0.2) is 53.8 Å². The third-order valence-corrected chi connectivity index (χ3v) is 3.74. The zero-order chi connectivity index (χ0) is 15.5. The van der Waals surface area contributed by atoms with E-state index < -0.39 is 0 Å². The van der Waals surface area contributed by atoms with Gasteiger partial charge < -0.3 is 10.1 Å². The summed E-state index contributed by atoms with van der Waals surface area (Å²) in [5, 5.41) is 3.79. The fraction of sp³-hybridized carbons (Fsp3) is 0.733. The molecule has 1 N–H and O–H groups in total. The largest absolute Gasteiger partial charge is 0.374 e. The Kier molecular flexibility index (Phi) is 5.41. The van der Waals surface area contributed by atoms with E-state index in [0.29, 0.717) is 5.15 Å². The van der Waals surface area contributed by atoms with Crippen LogP contribution in [0.15, 0.2) is 6.07 Å². The first-order chi connectivity index (χ1) is 9.88. The van der Waals surface area contributed by atoms with Crippen LogP contribution >= 0.6 is 11.6 Å². The van der Waals surface area contributed by atoms with Crippen molar-refractivity contribution >= 4 is 17.4 Å². The molecule has 1 unspecified atom stereocenters. The normalized spacial score (nSPS) is 20.5. The van der Waals surface area contributed by atoms with E-state index in [2.05, 4.69) is 47.9 Å². The summed E-state index contributed by atoms with van der Waals surface area (Å²) >= 11 is 6.09. The molecule has 0 amide bonds. The Balaban J connectivity index is 1.98. The van der Waals surface area contributed by atoms with Crippen molar-refractivity contribution in [1.82, 2.24) is 14.9 Å². The first kappa shape index (κ1) is 16.5. The maximum atomic E-state index is 6.09. The predicted octanol–water partition coefficient (Wildman–Crippen LogP) is 2.56. The average molecular weight is 313 g/mol. The number of hydrogen-bond acceptors (Lipinski definition) is 5. The number of halogens is 1. The monoisotopic (exact) mass is 312 g/mol. The number of likely N-dealkylation sites (N-methyl/N-ethyl adjacent to an activating group) is 1. The lowest BCUT2D eigenvalue weighted by molar-refractivity contribution is -0.0192. The van der Waals surface area contributed by atoms with Crippen molar-refractivity contribution in [2.75, 3.05) is 38.1 Å². The van der Waals surface area contributed by atoms with Gasteiger partial charge in [-0.25, -0.2) is 9.97 Å². The number of ether oxygens (including phenoxy) is 1. The molecule has 1 aromatic rings. The molecular weight excluding hydrogens is 288 g/mol. The van der Waals surface area contributed by atoms with Gasteiger partial charge in [-0.05, 0) is 6.54 Å². The van der Waals surface area contributed by atoms with Crippen LogP contribution < -0.4 is 5.32 Å².